The third-order valence-electron chi connectivity index (χ3n) is 3.15. The molecular weight excluding hydrogens is 256 g/mol. The molecule has 0 saturated heterocycles. The summed E-state index contributed by atoms with van der Waals surface area (Å²) >= 11 is 0. The van der Waals surface area contributed by atoms with E-state index in [0.29, 0.717) is 35.9 Å². The molecule has 2 amide bonds. The molecule has 5 N–H and O–H groups in total. The number of rotatable bonds is 6. The van der Waals surface area contributed by atoms with Crippen molar-refractivity contribution < 1.29 is 9.59 Å². The summed E-state index contributed by atoms with van der Waals surface area (Å²) in [5.74, 6) is -0.124. The molecule has 1 aromatic rings. The van der Waals surface area contributed by atoms with Gasteiger partial charge in [0.2, 0.25) is 5.91 Å². The molecule has 1 aliphatic carbocycles. The van der Waals surface area contributed by atoms with Crippen molar-refractivity contribution in [1.29, 1.82) is 0 Å². The maximum Gasteiger partial charge on any atom is 0.251 e. The molecule has 0 bridgehead atoms. The zero-order valence-electron chi connectivity index (χ0n) is 11.5. The monoisotopic (exact) mass is 276 g/mol. The number of amides is 2. The molecule has 1 fully saturated rings. The SMILES string of the molecule is CNC(=O)c1ccc(N)c(NCCC(=O)NC2CC2)c1. The van der Waals surface area contributed by atoms with Gasteiger partial charge in [-0.3, -0.25) is 9.59 Å². The second-order valence-electron chi connectivity index (χ2n) is 4.90. The minimum Gasteiger partial charge on any atom is -0.397 e. The predicted molar refractivity (Wildman–Crippen MR) is 78.5 cm³/mol. The highest BCUT2D eigenvalue weighted by Crippen LogP contribution is 2.20. The normalized spacial score (nSPS) is 13.7. The van der Waals surface area contributed by atoms with Crippen molar-refractivity contribution in [3.05, 3.63) is 23.8 Å². The van der Waals surface area contributed by atoms with E-state index in [1.165, 1.54) is 0 Å². The van der Waals surface area contributed by atoms with E-state index in [9.17, 15) is 9.59 Å². The van der Waals surface area contributed by atoms with Crippen molar-refractivity contribution in [3.8, 4) is 0 Å². The maximum atomic E-state index is 11.5. The van der Waals surface area contributed by atoms with E-state index < -0.39 is 0 Å². The van der Waals surface area contributed by atoms with Gasteiger partial charge in [0.05, 0.1) is 11.4 Å². The van der Waals surface area contributed by atoms with Gasteiger partial charge < -0.3 is 21.7 Å². The first-order chi connectivity index (χ1) is 9.60. The fourth-order valence-electron chi connectivity index (χ4n) is 1.83. The number of benzene rings is 1. The molecule has 6 heteroatoms. The van der Waals surface area contributed by atoms with Crippen LogP contribution in [0, 0.1) is 0 Å². The lowest BCUT2D eigenvalue weighted by atomic mass is 10.1. The lowest BCUT2D eigenvalue weighted by Crippen LogP contribution is -2.27. The van der Waals surface area contributed by atoms with Crippen LogP contribution >= 0.6 is 0 Å². The van der Waals surface area contributed by atoms with Gasteiger partial charge in [0, 0.05) is 31.6 Å². The lowest BCUT2D eigenvalue weighted by molar-refractivity contribution is -0.120. The molecule has 0 aromatic heterocycles. The average molecular weight is 276 g/mol. The second-order valence-corrected chi connectivity index (χ2v) is 4.90. The predicted octanol–water partition coefficient (Wildman–Crippen LogP) is 0.709. The van der Waals surface area contributed by atoms with Gasteiger partial charge in [-0.05, 0) is 31.0 Å². The Kier molecular flexibility index (Phi) is 4.45. The molecule has 0 radical (unpaired) electrons. The fourth-order valence-corrected chi connectivity index (χ4v) is 1.83. The van der Waals surface area contributed by atoms with Crippen LogP contribution in [0.3, 0.4) is 0 Å². The molecule has 1 aromatic carbocycles. The van der Waals surface area contributed by atoms with Gasteiger partial charge >= 0.3 is 0 Å². The number of hydrogen-bond acceptors (Lipinski definition) is 4. The lowest BCUT2D eigenvalue weighted by Gasteiger charge is -2.11. The summed E-state index contributed by atoms with van der Waals surface area (Å²) in [7, 11) is 1.58. The smallest absolute Gasteiger partial charge is 0.251 e. The molecule has 0 spiro atoms. The zero-order chi connectivity index (χ0) is 14.5. The molecule has 0 heterocycles. The molecule has 0 atom stereocenters. The Morgan fingerprint density at radius 2 is 2.10 bits per heavy atom. The van der Waals surface area contributed by atoms with Crippen molar-refractivity contribution in [1.82, 2.24) is 10.6 Å². The summed E-state index contributed by atoms with van der Waals surface area (Å²) < 4.78 is 0. The number of nitrogen functional groups attached to an aromatic ring is 1. The minimum absolute atomic E-state index is 0.0426. The van der Waals surface area contributed by atoms with Crippen LogP contribution in [-0.2, 0) is 4.79 Å². The van der Waals surface area contributed by atoms with Crippen LogP contribution in [0.1, 0.15) is 29.6 Å². The highest BCUT2D eigenvalue weighted by molar-refractivity contribution is 5.96. The van der Waals surface area contributed by atoms with Gasteiger partial charge in [-0.2, -0.15) is 0 Å². The summed E-state index contributed by atoms with van der Waals surface area (Å²) in [6.45, 7) is 0.486. The summed E-state index contributed by atoms with van der Waals surface area (Å²) in [6.07, 6.45) is 2.56. The molecule has 108 valence electrons. The fraction of sp³-hybridized carbons (Fsp3) is 0.429. The number of nitrogens with two attached hydrogens (primary N) is 1. The first-order valence-corrected chi connectivity index (χ1v) is 6.75. The van der Waals surface area contributed by atoms with Crippen LogP contribution in [0.25, 0.3) is 0 Å². The third kappa shape index (κ3) is 3.88. The second kappa shape index (κ2) is 6.27. The molecule has 0 unspecified atom stereocenters. The molecule has 6 nitrogen and oxygen atoms in total. The standard InChI is InChI=1S/C14H20N4O2/c1-16-14(20)9-2-5-11(15)12(8-9)17-7-6-13(19)18-10-3-4-10/h2,5,8,10,17H,3-4,6-7,15H2,1H3,(H,16,20)(H,18,19). The first-order valence-electron chi connectivity index (χ1n) is 6.75. The van der Waals surface area contributed by atoms with Crippen molar-refractivity contribution in [2.24, 2.45) is 0 Å². The Balaban J connectivity index is 1.87. The van der Waals surface area contributed by atoms with Crippen LogP contribution in [0.4, 0.5) is 11.4 Å². The topological polar surface area (TPSA) is 96.2 Å². The van der Waals surface area contributed by atoms with E-state index in [1.807, 2.05) is 0 Å². The molecular formula is C14H20N4O2. The van der Waals surface area contributed by atoms with Crippen LogP contribution in [-0.4, -0.2) is 31.4 Å². The van der Waals surface area contributed by atoms with E-state index in [-0.39, 0.29) is 11.8 Å². The van der Waals surface area contributed by atoms with Gasteiger partial charge in [0.1, 0.15) is 0 Å². The van der Waals surface area contributed by atoms with E-state index in [2.05, 4.69) is 16.0 Å². The van der Waals surface area contributed by atoms with Gasteiger partial charge in [0.25, 0.3) is 5.91 Å². The van der Waals surface area contributed by atoms with Crippen LogP contribution in [0.2, 0.25) is 0 Å². The highest BCUT2D eigenvalue weighted by atomic mass is 16.2. The van der Waals surface area contributed by atoms with Crippen LogP contribution in [0.15, 0.2) is 18.2 Å². The van der Waals surface area contributed by atoms with E-state index in [0.717, 1.165) is 12.8 Å². The van der Waals surface area contributed by atoms with Gasteiger partial charge in [-0.1, -0.05) is 0 Å². The number of carbonyl (C=O) groups is 2. The largest absolute Gasteiger partial charge is 0.397 e. The van der Waals surface area contributed by atoms with Crippen molar-refractivity contribution >= 4 is 23.2 Å². The van der Waals surface area contributed by atoms with Crippen molar-refractivity contribution in [2.45, 2.75) is 25.3 Å². The quantitative estimate of drug-likeness (QED) is 0.575. The molecule has 2 rings (SSSR count). The summed E-state index contributed by atoms with van der Waals surface area (Å²) in [4.78, 5) is 23.1. The van der Waals surface area contributed by atoms with Gasteiger partial charge in [0.15, 0.2) is 0 Å². The van der Waals surface area contributed by atoms with Crippen molar-refractivity contribution in [3.63, 3.8) is 0 Å². The maximum absolute atomic E-state index is 11.5. The molecule has 1 aliphatic rings. The Hall–Kier alpha value is -2.24. The summed E-state index contributed by atoms with van der Waals surface area (Å²) in [5, 5.41) is 8.57. The van der Waals surface area contributed by atoms with Crippen molar-refractivity contribution in [2.75, 3.05) is 24.6 Å². The van der Waals surface area contributed by atoms with Gasteiger partial charge in [-0.15, -0.1) is 0 Å². The minimum atomic E-state index is -0.167. The number of carbonyl (C=O) groups excluding carboxylic acids is 2. The number of nitrogens with one attached hydrogen (secondary N) is 3. The Labute approximate surface area is 118 Å². The van der Waals surface area contributed by atoms with Crippen LogP contribution in [0.5, 0.6) is 0 Å². The number of hydrogen-bond donors (Lipinski definition) is 4. The molecule has 0 aliphatic heterocycles. The van der Waals surface area contributed by atoms with Gasteiger partial charge in [-0.25, -0.2) is 0 Å². The third-order valence-corrected chi connectivity index (χ3v) is 3.15. The Bertz CT molecular complexity index is 512. The van der Waals surface area contributed by atoms with Crippen LogP contribution < -0.4 is 21.7 Å². The van der Waals surface area contributed by atoms with E-state index >= 15 is 0 Å². The zero-order valence-corrected chi connectivity index (χ0v) is 11.5. The highest BCUT2D eigenvalue weighted by Gasteiger charge is 2.22. The van der Waals surface area contributed by atoms with E-state index in [1.54, 1.807) is 25.2 Å². The van der Waals surface area contributed by atoms with E-state index in [4.69, 9.17) is 5.73 Å². The Morgan fingerprint density at radius 1 is 1.35 bits per heavy atom. The molecule has 1 saturated carbocycles. The summed E-state index contributed by atoms with van der Waals surface area (Å²) in [5.41, 5.74) is 7.61. The average Bonchev–Trinajstić information content (AvgIpc) is 3.23. The summed E-state index contributed by atoms with van der Waals surface area (Å²) in [6, 6.07) is 5.41. The Morgan fingerprint density at radius 3 is 2.75 bits per heavy atom. The number of anilines is 2. The molecule has 20 heavy (non-hydrogen) atoms. The first kappa shape index (κ1) is 14.2.